The summed E-state index contributed by atoms with van der Waals surface area (Å²) >= 11 is 1.15. The van der Waals surface area contributed by atoms with Crippen LogP contribution in [0.2, 0.25) is 0 Å². The third kappa shape index (κ3) is 5.02. The van der Waals surface area contributed by atoms with E-state index in [1.54, 1.807) is 18.2 Å². The summed E-state index contributed by atoms with van der Waals surface area (Å²) in [6.07, 6.45) is 0. The van der Waals surface area contributed by atoms with Crippen LogP contribution in [-0.2, 0) is 9.53 Å². The van der Waals surface area contributed by atoms with Crippen LogP contribution in [-0.4, -0.2) is 34.3 Å². The van der Waals surface area contributed by atoms with Gasteiger partial charge in [-0.2, -0.15) is 0 Å². The summed E-state index contributed by atoms with van der Waals surface area (Å²) in [7, 11) is 1.29. The van der Waals surface area contributed by atoms with Gasteiger partial charge in [-0.3, -0.25) is 14.2 Å². The minimum Gasteiger partial charge on any atom is -0.465 e. The lowest BCUT2D eigenvalue weighted by atomic mass is 10.1. The number of aryl methyl sites for hydroxylation is 2. The molecule has 4 rings (SSSR count). The van der Waals surface area contributed by atoms with Gasteiger partial charge in [-0.1, -0.05) is 36.0 Å². The number of anilines is 1. The number of benzene rings is 3. The Hall–Kier alpha value is -3.91. The minimum atomic E-state index is -0.516. The van der Waals surface area contributed by atoms with Gasteiger partial charge in [0.1, 0.15) is 0 Å². The van der Waals surface area contributed by atoms with Gasteiger partial charge in [-0.15, -0.1) is 0 Å². The highest BCUT2D eigenvalue weighted by Crippen LogP contribution is 2.23. The number of amides is 1. The van der Waals surface area contributed by atoms with Crippen LogP contribution >= 0.6 is 11.8 Å². The monoisotopic (exact) mass is 473 g/mol. The van der Waals surface area contributed by atoms with Gasteiger partial charge in [-0.05, 0) is 67.4 Å². The molecule has 0 atom stereocenters. The van der Waals surface area contributed by atoms with Gasteiger partial charge in [0, 0.05) is 5.69 Å². The van der Waals surface area contributed by atoms with Gasteiger partial charge in [0.15, 0.2) is 5.16 Å². The number of nitrogens with one attached hydrogen (secondary N) is 1. The molecule has 0 spiro atoms. The number of fused-ring (bicyclic) bond motifs is 1. The normalized spacial score (nSPS) is 10.8. The van der Waals surface area contributed by atoms with Crippen molar-refractivity contribution in [3.63, 3.8) is 0 Å². The first-order valence-corrected chi connectivity index (χ1v) is 11.6. The molecule has 3 aromatic carbocycles. The fraction of sp³-hybridized carbons (Fsp3) is 0.154. The summed E-state index contributed by atoms with van der Waals surface area (Å²) in [6.45, 7) is 3.94. The van der Waals surface area contributed by atoms with Crippen LogP contribution in [0.1, 0.15) is 21.5 Å². The van der Waals surface area contributed by atoms with Gasteiger partial charge < -0.3 is 10.1 Å². The number of ether oxygens (including phenoxy) is 1. The lowest BCUT2D eigenvalue weighted by Crippen LogP contribution is -2.23. The van der Waals surface area contributed by atoms with E-state index in [2.05, 4.69) is 10.3 Å². The van der Waals surface area contributed by atoms with Gasteiger partial charge in [0.25, 0.3) is 5.56 Å². The van der Waals surface area contributed by atoms with Crippen molar-refractivity contribution in [1.82, 2.24) is 9.55 Å². The molecule has 172 valence electrons. The molecule has 0 saturated heterocycles. The van der Waals surface area contributed by atoms with E-state index in [-0.39, 0.29) is 17.2 Å². The van der Waals surface area contributed by atoms with Crippen LogP contribution < -0.4 is 10.9 Å². The number of esters is 1. The Morgan fingerprint density at radius 1 is 1.00 bits per heavy atom. The fourth-order valence-electron chi connectivity index (χ4n) is 3.69. The molecule has 1 N–H and O–H groups in total. The molecule has 7 nitrogen and oxygen atoms in total. The Bertz CT molecular complexity index is 1430. The minimum absolute atomic E-state index is 0.0501. The largest absolute Gasteiger partial charge is 0.465 e. The fourth-order valence-corrected chi connectivity index (χ4v) is 4.50. The molecule has 0 unspecified atom stereocenters. The molecular weight excluding hydrogens is 450 g/mol. The van der Waals surface area contributed by atoms with Crippen molar-refractivity contribution in [3.05, 3.63) is 93.8 Å². The zero-order chi connectivity index (χ0) is 24.2. The van der Waals surface area contributed by atoms with E-state index in [0.717, 1.165) is 28.6 Å². The number of carbonyl (C=O) groups is 2. The third-order valence-electron chi connectivity index (χ3n) is 5.11. The van der Waals surface area contributed by atoms with E-state index in [0.29, 0.717) is 27.3 Å². The van der Waals surface area contributed by atoms with Crippen LogP contribution in [0.15, 0.2) is 76.7 Å². The average molecular weight is 474 g/mol. The second-order valence-electron chi connectivity index (χ2n) is 7.81. The lowest BCUT2D eigenvalue weighted by Gasteiger charge is -2.14. The summed E-state index contributed by atoms with van der Waals surface area (Å²) in [6, 6.07) is 19.6. The van der Waals surface area contributed by atoms with E-state index in [9.17, 15) is 14.4 Å². The van der Waals surface area contributed by atoms with Gasteiger partial charge >= 0.3 is 5.97 Å². The molecule has 0 aliphatic rings. The quantitative estimate of drug-likeness (QED) is 0.252. The Kier molecular flexibility index (Phi) is 6.79. The molecule has 34 heavy (non-hydrogen) atoms. The predicted octanol–water partition coefficient (Wildman–Crippen LogP) is 4.52. The summed E-state index contributed by atoms with van der Waals surface area (Å²) in [4.78, 5) is 42.7. The molecule has 1 heterocycles. The molecule has 1 aromatic heterocycles. The molecule has 0 radical (unpaired) electrons. The van der Waals surface area contributed by atoms with Gasteiger partial charge in [0.2, 0.25) is 5.91 Å². The number of para-hydroxylation sites is 1. The first-order valence-electron chi connectivity index (χ1n) is 10.6. The van der Waals surface area contributed by atoms with E-state index >= 15 is 0 Å². The van der Waals surface area contributed by atoms with Crippen LogP contribution in [0.25, 0.3) is 16.6 Å². The van der Waals surface area contributed by atoms with Gasteiger partial charge in [-0.25, -0.2) is 9.78 Å². The first kappa shape index (κ1) is 23.3. The van der Waals surface area contributed by atoms with Crippen molar-refractivity contribution in [2.24, 2.45) is 0 Å². The summed E-state index contributed by atoms with van der Waals surface area (Å²) in [5.74, 6) is -0.681. The standard InChI is InChI=1S/C26H23N3O4S/c1-16-11-17(2)13-19(12-16)27-23(30)15-34-26-28-22-14-18(25(32)33-3)9-10-21(22)24(31)29(26)20-7-5-4-6-8-20/h4-14H,15H2,1-3H3,(H,27,30). The van der Waals surface area contributed by atoms with Crippen molar-refractivity contribution in [3.8, 4) is 5.69 Å². The van der Waals surface area contributed by atoms with Gasteiger partial charge in [0.05, 0.1) is 35.0 Å². The topological polar surface area (TPSA) is 90.3 Å². The lowest BCUT2D eigenvalue weighted by molar-refractivity contribution is -0.113. The molecule has 1 amide bonds. The maximum absolute atomic E-state index is 13.4. The molecule has 8 heteroatoms. The highest BCUT2D eigenvalue weighted by Gasteiger charge is 2.17. The highest BCUT2D eigenvalue weighted by atomic mass is 32.2. The van der Waals surface area contributed by atoms with Crippen molar-refractivity contribution >= 4 is 40.2 Å². The first-order chi connectivity index (χ1) is 16.4. The summed E-state index contributed by atoms with van der Waals surface area (Å²) in [5, 5.41) is 3.61. The van der Waals surface area contributed by atoms with E-state index in [4.69, 9.17) is 4.74 Å². The average Bonchev–Trinajstić information content (AvgIpc) is 2.81. The third-order valence-corrected chi connectivity index (χ3v) is 6.05. The summed E-state index contributed by atoms with van der Waals surface area (Å²) < 4.78 is 6.26. The maximum atomic E-state index is 13.4. The number of hydrogen-bond donors (Lipinski definition) is 1. The predicted molar refractivity (Wildman–Crippen MR) is 134 cm³/mol. The van der Waals surface area contributed by atoms with Crippen LogP contribution in [0.4, 0.5) is 5.69 Å². The molecule has 0 aliphatic heterocycles. The number of hydrogen-bond acceptors (Lipinski definition) is 6. The number of rotatable bonds is 6. The number of methoxy groups -OCH3 is 1. The van der Waals surface area contributed by atoms with Crippen LogP contribution in [0, 0.1) is 13.8 Å². The second-order valence-corrected chi connectivity index (χ2v) is 8.75. The molecule has 0 saturated carbocycles. The molecule has 0 fully saturated rings. The highest BCUT2D eigenvalue weighted by molar-refractivity contribution is 7.99. The van der Waals surface area contributed by atoms with E-state index < -0.39 is 5.97 Å². The van der Waals surface area contributed by atoms with Crippen molar-refractivity contribution in [2.75, 3.05) is 18.2 Å². The molecular formula is C26H23N3O4S. The van der Waals surface area contributed by atoms with E-state index in [1.807, 2.05) is 50.2 Å². The second kappa shape index (κ2) is 9.93. The zero-order valence-corrected chi connectivity index (χ0v) is 19.8. The molecule has 4 aromatic rings. The Balaban J connectivity index is 1.70. The number of nitrogens with zero attached hydrogens (tertiary/aromatic N) is 2. The van der Waals surface area contributed by atoms with Crippen molar-refractivity contribution in [1.29, 1.82) is 0 Å². The number of aromatic nitrogens is 2. The maximum Gasteiger partial charge on any atom is 0.337 e. The van der Waals surface area contributed by atoms with Crippen LogP contribution in [0.3, 0.4) is 0 Å². The van der Waals surface area contributed by atoms with E-state index in [1.165, 1.54) is 23.8 Å². The van der Waals surface area contributed by atoms with Crippen LogP contribution in [0.5, 0.6) is 0 Å². The summed E-state index contributed by atoms with van der Waals surface area (Å²) in [5.41, 5.74) is 3.83. The van der Waals surface area contributed by atoms with Crippen molar-refractivity contribution in [2.45, 2.75) is 19.0 Å². The molecule has 0 bridgehead atoms. The Morgan fingerprint density at radius 2 is 1.71 bits per heavy atom. The zero-order valence-electron chi connectivity index (χ0n) is 19.0. The Morgan fingerprint density at radius 3 is 2.38 bits per heavy atom. The molecule has 0 aliphatic carbocycles. The number of thioether (sulfide) groups is 1. The number of carbonyl (C=O) groups excluding carboxylic acids is 2. The van der Waals surface area contributed by atoms with Crippen molar-refractivity contribution < 1.29 is 14.3 Å². The Labute approximate surface area is 200 Å². The SMILES string of the molecule is COC(=O)c1ccc2c(=O)n(-c3ccccc3)c(SCC(=O)Nc3cc(C)cc(C)c3)nc2c1. The smallest absolute Gasteiger partial charge is 0.337 e.